The standard InChI is InChI=1S/C16H22BrFN2O/c1-2-5-16(15(19)21)6-8-20(9-7-16)11-12-3-4-13(17)10-14(12)18/h3-4,10H,2,5-9,11H2,1H3,(H2,19,21). The zero-order valence-corrected chi connectivity index (χ0v) is 14.0. The smallest absolute Gasteiger partial charge is 0.223 e. The Morgan fingerprint density at radius 2 is 2.10 bits per heavy atom. The maximum Gasteiger partial charge on any atom is 0.223 e. The summed E-state index contributed by atoms with van der Waals surface area (Å²) < 4.78 is 14.6. The Kier molecular flexibility index (Phi) is 5.38. The maximum absolute atomic E-state index is 13.9. The van der Waals surface area contributed by atoms with Crippen molar-refractivity contribution in [2.75, 3.05) is 13.1 Å². The van der Waals surface area contributed by atoms with Crippen LogP contribution >= 0.6 is 15.9 Å². The lowest BCUT2D eigenvalue weighted by atomic mass is 9.74. The Hall–Kier alpha value is -0.940. The minimum absolute atomic E-state index is 0.182. The summed E-state index contributed by atoms with van der Waals surface area (Å²) >= 11 is 3.26. The summed E-state index contributed by atoms with van der Waals surface area (Å²) in [4.78, 5) is 14.0. The van der Waals surface area contributed by atoms with Gasteiger partial charge in [0.25, 0.3) is 0 Å². The summed E-state index contributed by atoms with van der Waals surface area (Å²) in [6.07, 6.45) is 3.36. The van der Waals surface area contributed by atoms with Crippen LogP contribution in [0.5, 0.6) is 0 Å². The molecule has 1 saturated heterocycles. The first-order chi connectivity index (χ1) is 9.97. The van der Waals surface area contributed by atoms with E-state index < -0.39 is 0 Å². The first-order valence-electron chi connectivity index (χ1n) is 7.43. The molecule has 0 saturated carbocycles. The lowest BCUT2D eigenvalue weighted by Gasteiger charge is -2.39. The van der Waals surface area contributed by atoms with E-state index in [1.54, 1.807) is 6.07 Å². The number of likely N-dealkylation sites (tertiary alicyclic amines) is 1. The van der Waals surface area contributed by atoms with Crippen molar-refractivity contribution in [1.29, 1.82) is 0 Å². The summed E-state index contributed by atoms with van der Waals surface area (Å²) in [6.45, 7) is 4.24. The van der Waals surface area contributed by atoms with Crippen molar-refractivity contribution in [2.45, 2.75) is 39.2 Å². The Balaban J connectivity index is 1.99. The molecule has 116 valence electrons. The molecule has 1 aromatic carbocycles. The number of benzene rings is 1. The normalized spacial score (nSPS) is 18.6. The van der Waals surface area contributed by atoms with E-state index in [4.69, 9.17) is 5.73 Å². The number of carbonyl (C=O) groups is 1. The van der Waals surface area contributed by atoms with Crippen molar-refractivity contribution in [1.82, 2.24) is 4.90 Å². The van der Waals surface area contributed by atoms with E-state index in [1.165, 1.54) is 6.07 Å². The summed E-state index contributed by atoms with van der Waals surface area (Å²) in [6, 6.07) is 5.15. The lowest BCUT2D eigenvalue weighted by molar-refractivity contribution is -0.131. The molecule has 0 unspecified atom stereocenters. The third-order valence-corrected chi connectivity index (χ3v) is 4.97. The Morgan fingerprint density at radius 1 is 1.43 bits per heavy atom. The second-order valence-electron chi connectivity index (χ2n) is 5.91. The Bertz CT molecular complexity index is 513. The van der Waals surface area contributed by atoms with Gasteiger partial charge in [-0.25, -0.2) is 4.39 Å². The van der Waals surface area contributed by atoms with Gasteiger partial charge in [-0.1, -0.05) is 35.3 Å². The highest BCUT2D eigenvalue weighted by atomic mass is 79.9. The number of hydrogen-bond donors (Lipinski definition) is 1. The number of nitrogens with two attached hydrogens (primary N) is 1. The van der Waals surface area contributed by atoms with Crippen LogP contribution in [-0.2, 0) is 11.3 Å². The van der Waals surface area contributed by atoms with Crippen molar-refractivity contribution < 1.29 is 9.18 Å². The largest absolute Gasteiger partial charge is 0.369 e. The van der Waals surface area contributed by atoms with Gasteiger partial charge in [-0.2, -0.15) is 0 Å². The van der Waals surface area contributed by atoms with E-state index in [2.05, 4.69) is 27.8 Å². The van der Waals surface area contributed by atoms with Crippen molar-refractivity contribution >= 4 is 21.8 Å². The van der Waals surface area contributed by atoms with Gasteiger partial charge in [0.15, 0.2) is 0 Å². The zero-order chi connectivity index (χ0) is 15.5. The molecule has 2 N–H and O–H groups in total. The lowest BCUT2D eigenvalue weighted by Crippen LogP contribution is -2.46. The van der Waals surface area contributed by atoms with Gasteiger partial charge in [0.05, 0.1) is 5.41 Å². The number of halogens is 2. The van der Waals surface area contributed by atoms with Gasteiger partial charge in [-0.15, -0.1) is 0 Å². The minimum atomic E-state index is -0.358. The van der Waals surface area contributed by atoms with E-state index in [-0.39, 0.29) is 17.1 Å². The Labute approximate surface area is 133 Å². The molecule has 5 heteroatoms. The molecule has 0 spiro atoms. The molecule has 1 aliphatic rings. The number of nitrogens with zero attached hydrogens (tertiary/aromatic N) is 1. The van der Waals surface area contributed by atoms with E-state index in [0.717, 1.165) is 43.2 Å². The van der Waals surface area contributed by atoms with Crippen LogP contribution in [0.25, 0.3) is 0 Å². The van der Waals surface area contributed by atoms with Crippen LogP contribution in [-0.4, -0.2) is 23.9 Å². The van der Waals surface area contributed by atoms with Crippen LogP contribution in [0.15, 0.2) is 22.7 Å². The van der Waals surface area contributed by atoms with Gasteiger partial charge in [-0.3, -0.25) is 9.69 Å². The molecule has 0 bridgehead atoms. The van der Waals surface area contributed by atoms with Crippen molar-refractivity contribution in [3.63, 3.8) is 0 Å². The monoisotopic (exact) mass is 356 g/mol. The van der Waals surface area contributed by atoms with Crippen molar-refractivity contribution in [3.8, 4) is 0 Å². The highest BCUT2D eigenvalue weighted by Gasteiger charge is 2.38. The first-order valence-corrected chi connectivity index (χ1v) is 8.22. The third kappa shape index (κ3) is 3.83. The molecule has 1 aromatic rings. The first kappa shape index (κ1) is 16.4. The number of piperidine rings is 1. The molecule has 1 heterocycles. The van der Waals surface area contributed by atoms with Crippen molar-refractivity contribution in [3.05, 3.63) is 34.1 Å². The molecule has 0 radical (unpaired) electrons. The van der Waals surface area contributed by atoms with Crippen LogP contribution < -0.4 is 5.73 Å². The number of carbonyl (C=O) groups excluding carboxylic acids is 1. The highest BCUT2D eigenvalue weighted by molar-refractivity contribution is 9.10. The number of rotatable bonds is 5. The quantitative estimate of drug-likeness (QED) is 0.877. The average molecular weight is 357 g/mol. The topological polar surface area (TPSA) is 46.3 Å². The molecule has 3 nitrogen and oxygen atoms in total. The van der Waals surface area contributed by atoms with Crippen LogP contribution in [0.4, 0.5) is 4.39 Å². The molecule has 2 rings (SSSR count). The van der Waals surface area contributed by atoms with Crippen LogP contribution in [0, 0.1) is 11.2 Å². The molecule has 0 atom stereocenters. The fourth-order valence-electron chi connectivity index (χ4n) is 3.13. The van der Waals surface area contributed by atoms with Crippen LogP contribution in [0.2, 0.25) is 0 Å². The van der Waals surface area contributed by atoms with E-state index in [0.29, 0.717) is 12.1 Å². The second kappa shape index (κ2) is 6.88. The van der Waals surface area contributed by atoms with E-state index in [1.807, 2.05) is 6.07 Å². The molecule has 1 amide bonds. The number of hydrogen-bond acceptors (Lipinski definition) is 2. The summed E-state index contributed by atoms with van der Waals surface area (Å²) in [5.74, 6) is -0.372. The zero-order valence-electron chi connectivity index (χ0n) is 12.4. The van der Waals surface area contributed by atoms with Crippen LogP contribution in [0.3, 0.4) is 0 Å². The predicted molar refractivity (Wildman–Crippen MR) is 85.1 cm³/mol. The summed E-state index contributed by atoms with van der Waals surface area (Å²) in [5.41, 5.74) is 5.94. The molecular weight excluding hydrogens is 335 g/mol. The maximum atomic E-state index is 13.9. The summed E-state index contributed by atoms with van der Waals surface area (Å²) in [7, 11) is 0. The average Bonchev–Trinajstić information content (AvgIpc) is 2.44. The third-order valence-electron chi connectivity index (χ3n) is 4.47. The molecule has 0 aliphatic carbocycles. The van der Waals surface area contributed by atoms with Gasteiger partial charge >= 0.3 is 0 Å². The number of primary amides is 1. The number of amides is 1. The molecule has 21 heavy (non-hydrogen) atoms. The van der Waals surface area contributed by atoms with Gasteiger partial charge in [0.2, 0.25) is 5.91 Å². The van der Waals surface area contributed by atoms with Gasteiger partial charge in [0.1, 0.15) is 5.82 Å². The summed E-state index contributed by atoms with van der Waals surface area (Å²) in [5, 5.41) is 0. The van der Waals surface area contributed by atoms with Crippen molar-refractivity contribution in [2.24, 2.45) is 11.1 Å². The molecule has 1 fully saturated rings. The van der Waals surface area contributed by atoms with Gasteiger partial charge in [-0.05, 0) is 44.5 Å². The van der Waals surface area contributed by atoms with Crippen LogP contribution in [0.1, 0.15) is 38.2 Å². The van der Waals surface area contributed by atoms with E-state index >= 15 is 0 Å². The molecule has 1 aliphatic heterocycles. The minimum Gasteiger partial charge on any atom is -0.369 e. The molecule has 0 aromatic heterocycles. The Morgan fingerprint density at radius 3 is 2.62 bits per heavy atom. The fourth-order valence-corrected chi connectivity index (χ4v) is 3.46. The van der Waals surface area contributed by atoms with Gasteiger partial charge < -0.3 is 5.73 Å². The van der Waals surface area contributed by atoms with E-state index in [9.17, 15) is 9.18 Å². The highest BCUT2D eigenvalue weighted by Crippen LogP contribution is 2.36. The SMILES string of the molecule is CCCC1(C(N)=O)CCN(Cc2ccc(Br)cc2F)CC1. The molecular formula is C16H22BrFN2O. The second-order valence-corrected chi connectivity index (χ2v) is 6.82. The fraction of sp³-hybridized carbons (Fsp3) is 0.562. The van der Waals surface area contributed by atoms with Gasteiger partial charge in [0, 0.05) is 16.6 Å². The predicted octanol–water partition coefficient (Wildman–Crippen LogP) is 3.46.